The zero-order chi connectivity index (χ0) is 13.1. The van der Waals surface area contributed by atoms with Gasteiger partial charge in [0.05, 0.1) is 0 Å². The Morgan fingerprint density at radius 2 is 1.84 bits per heavy atom. The standard InChI is InChI=1S/C16H23IN2/c17-15-5-3-13(4-6-15)12-19-10-7-14(8-11-19)16-2-1-9-18-16/h3-6,14,16,18H,1-2,7-12H2. The van der Waals surface area contributed by atoms with E-state index in [0.29, 0.717) is 0 Å². The van der Waals surface area contributed by atoms with E-state index in [1.54, 1.807) is 0 Å². The summed E-state index contributed by atoms with van der Waals surface area (Å²) >= 11 is 2.37. The topological polar surface area (TPSA) is 15.3 Å². The van der Waals surface area contributed by atoms with Crippen molar-refractivity contribution in [2.45, 2.75) is 38.3 Å². The number of hydrogen-bond donors (Lipinski definition) is 1. The molecule has 1 aromatic carbocycles. The maximum Gasteiger partial charge on any atom is 0.0233 e. The highest BCUT2D eigenvalue weighted by Crippen LogP contribution is 2.26. The van der Waals surface area contributed by atoms with Crippen LogP contribution in [0.3, 0.4) is 0 Å². The predicted octanol–water partition coefficient (Wildman–Crippen LogP) is 3.26. The van der Waals surface area contributed by atoms with Crippen molar-refractivity contribution in [3.8, 4) is 0 Å². The van der Waals surface area contributed by atoms with Gasteiger partial charge in [-0.15, -0.1) is 0 Å². The summed E-state index contributed by atoms with van der Waals surface area (Å²) in [6.07, 6.45) is 5.54. The molecule has 19 heavy (non-hydrogen) atoms. The number of benzene rings is 1. The fourth-order valence-corrected chi connectivity index (χ4v) is 3.83. The first-order valence-electron chi connectivity index (χ1n) is 7.51. The molecule has 1 atom stereocenters. The molecular formula is C16H23IN2. The van der Waals surface area contributed by atoms with Crippen LogP contribution in [0.15, 0.2) is 24.3 Å². The number of rotatable bonds is 3. The van der Waals surface area contributed by atoms with E-state index in [-0.39, 0.29) is 0 Å². The Hall–Kier alpha value is -0.130. The minimum Gasteiger partial charge on any atom is -0.314 e. The van der Waals surface area contributed by atoms with Crippen molar-refractivity contribution in [3.05, 3.63) is 33.4 Å². The Balaban J connectivity index is 1.48. The predicted molar refractivity (Wildman–Crippen MR) is 88.2 cm³/mol. The molecule has 2 saturated heterocycles. The lowest BCUT2D eigenvalue weighted by Crippen LogP contribution is -2.40. The van der Waals surface area contributed by atoms with Crippen LogP contribution in [0.5, 0.6) is 0 Å². The summed E-state index contributed by atoms with van der Waals surface area (Å²) in [6, 6.07) is 9.79. The molecule has 1 N–H and O–H groups in total. The van der Waals surface area contributed by atoms with Gasteiger partial charge in [0.25, 0.3) is 0 Å². The summed E-state index contributed by atoms with van der Waals surface area (Å²) in [5.41, 5.74) is 1.46. The average molecular weight is 370 g/mol. The fourth-order valence-electron chi connectivity index (χ4n) is 3.48. The lowest BCUT2D eigenvalue weighted by atomic mass is 9.88. The van der Waals surface area contributed by atoms with Crippen LogP contribution >= 0.6 is 22.6 Å². The van der Waals surface area contributed by atoms with Gasteiger partial charge in [0.1, 0.15) is 0 Å². The zero-order valence-electron chi connectivity index (χ0n) is 11.4. The van der Waals surface area contributed by atoms with Crippen molar-refractivity contribution in [1.82, 2.24) is 10.2 Å². The van der Waals surface area contributed by atoms with Gasteiger partial charge < -0.3 is 5.32 Å². The van der Waals surface area contributed by atoms with Crippen LogP contribution < -0.4 is 5.32 Å². The van der Waals surface area contributed by atoms with Crippen LogP contribution in [0.4, 0.5) is 0 Å². The highest BCUT2D eigenvalue weighted by atomic mass is 127. The van der Waals surface area contributed by atoms with Crippen LogP contribution in [0.1, 0.15) is 31.2 Å². The van der Waals surface area contributed by atoms with Crippen LogP contribution in [-0.2, 0) is 6.54 Å². The van der Waals surface area contributed by atoms with Crippen molar-refractivity contribution in [3.63, 3.8) is 0 Å². The molecule has 0 bridgehead atoms. The van der Waals surface area contributed by atoms with Crippen LogP contribution in [0, 0.1) is 9.49 Å². The van der Waals surface area contributed by atoms with E-state index in [9.17, 15) is 0 Å². The van der Waals surface area contributed by atoms with Gasteiger partial charge in [-0.2, -0.15) is 0 Å². The number of halogens is 1. The Kier molecular flexibility index (Phi) is 4.77. The molecular weight excluding hydrogens is 347 g/mol. The van der Waals surface area contributed by atoms with E-state index in [1.807, 2.05) is 0 Å². The van der Waals surface area contributed by atoms with E-state index in [4.69, 9.17) is 0 Å². The van der Waals surface area contributed by atoms with E-state index in [0.717, 1.165) is 18.5 Å². The second-order valence-electron chi connectivity index (χ2n) is 5.94. The van der Waals surface area contributed by atoms with Gasteiger partial charge in [-0.25, -0.2) is 0 Å². The third-order valence-electron chi connectivity index (χ3n) is 4.62. The second kappa shape index (κ2) is 6.55. The molecule has 2 heterocycles. The molecule has 104 valence electrons. The number of piperidine rings is 1. The minimum atomic E-state index is 0.820. The lowest BCUT2D eigenvalue weighted by Gasteiger charge is -2.34. The number of likely N-dealkylation sites (tertiary alicyclic amines) is 1. The van der Waals surface area contributed by atoms with Gasteiger partial charge >= 0.3 is 0 Å². The van der Waals surface area contributed by atoms with Gasteiger partial charge in [-0.3, -0.25) is 4.90 Å². The maximum atomic E-state index is 3.68. The third-order valence-corrected chi connectivity index (χ3v) is 5.34. The summed E-state index contributed by atoms with van der Waals surface area (Å²) in [5.74, 6) is 0.926. The van der Waals surface area contributed by atoms with Crippen LogP contribution in [0.2, 0.25) is 0 Å². The summed E-state index contributed by atoms with van der Waals surface area (Å²) in [7, 11) is 0. The minimum absolute atomic E-state index is 0.820. The Morgan fingerprint density at radius 1 is 1.11 bits per heavy atom. The normalized spacial score (nSPS) is 25.8. The molecule has 0 radical (unpaired) electrons. The Labute approximate surface area is 130 Å². The largest absolute Gasteiger partial charge is 0.314 e. The molecule has 3 heteroatoms. The monoisotopic (exact) mass is 370 g/mol. The van der Waals surface area contributed by atoms with E-state index >= 15 is 0 Å². The molecule has 0 amide bonds. The molecule has 0 aliphatic carbocycles. The molecule has 1 aromatic rings. The second-order valence-corrected chi connectivity index (χ2v) is 7.19. The third kappa shape index (κ3) is 3.70. The van der Waals surface area contributed by atoms with Crippen molar-refractivity contribution in [2.24, 2.45) is 5.92 Å². The van der Waals surface area contributed by atoms with Gasteiger partial charge in [0.15, 0.2) is 0 Å². The van der Waals surface area contributed by atoms with Gasteiger partial charge in [0.2, 0.25) is 0 Å². The fraction of sp³-hybridized carbons (Fsp3) is 0.625. The van der Waals surface area contributed by atoms with Crippen LogP contribution in [0.25, 0.3) is 0 Å². The summed E-state index contributed by atoms with van der Waals surface area (Å²) in [4.78, 5) is 2.62. The Morgan fingerprint density at radius 3 is 2.47 bits per heavy atom. The number of nitrogens with zero attached hydrogens (tertiary/aromatic N) is 1. The van der Waals surface area contributed by atoms with Crippen molar-refractivity contribution in [1.29, 1.82) is 0 Å². The summed E-state index contributed by atoms with van der Waals surface area (Å²) in [6.45, 7) is 4.92. The molecule has 3 rings (SSSR count). The van der Waals surface area contributed by atoms with E-state index in [2.05, 4.69) is 57.1 Å². The highest BCUT2D eigenvalue weighted by Gasteiger charge is 2.28. The molecule has 0 spiro atoms. The van der Waals surface area contributed by atoms with Gasteiger partial charge in [-0.05, 0) is 91.5 Å². The first kappa shape index (κ1) is 13.8. The maximum absolute atomic E-state index is 3.68. The molecule has 2 nitrogen and oxygen atoms in total. The Bertz CT molecular complexity index is 390. The molecule has 0 aromatic heterocycles. The highest BCUT2D eigenvalue weighted by molar-refractivity contribution is 14.1. The zero-order valence-corrected chi connectivity index (χ0v) is 13.6. The average Bonchev–Trinajstić information content (AvgIpc) is 2.96. The number of nitrogens with one attached hydrogen (secondary N) is 1. The molecule has 2 fully saturated rings. The molecule has 1 unspecified atom stereocenters. The van der Waals surface area contributed by atoms with Crippen molar-refractivity contribution < 1.29 is 0 Å². The van der Waals surface area contributed by atoms with E-state index < -0.39 is 0 Å². The molecule has 2 aliphatic rings. The van der Waals surface area contributed by atoms with Crippen molar-refractivity contribution in [2.75, 3.05) is 19.6 Å². The SMILES string of the molecule is Ic1ccc(CN2CCC(C3CCCN3)CC2)cc1. The molecule has 2 aliphatic heterocycles. The van der Waals surface area contributed by atoms with Crippen molar-refractivity contribution >= 4 is 22.6 Å². The van der Waals surface area contributed by atoms with Gasteiger partial charge in [0, 0.05) is 16.2 Å². The smallest absolute Gasteiger partial charge is 0.0233 e. The van der Waals surface area contributed by atoms with E-state index in [1.165, 1.54) is 54.5 Å². The first-order valence-corrected chi connectivity index (χ1v) is 8.59. The van der Waals surface area contributed by atoms with Gasteiger partial charge in [-0.1, -0.05) is 12.1 Å². The summed E-state index contributed by atoms with van der Waals surface area (Å²) < 4.78 is 1.33. The van der Waals surface area contributed by atoms with Crippen LogP contribution in [-0.4, -0.2) is 30.6 Å². The summed E-state index contributed by atoms with van der Waals surface area (Å²) in [5, 5.41) is 3.68. The quantitative estimate of drug-likeness (QED) is 0.822. The molecule has 0 saturated carbocycles. The lowest BCUT2D eigenvalue weighted by molar-refractivity contribution is 0.157. The number of hydrogen-bond acceptors (Lipinski definition) is 2. The first-order chi connectivity index (χ1) is 9.31.